The molecule has 0 saturated carbocycles. The number of aromatic nitrogens is 3. The van der Waals surface area contributed by atoms with Gasteiger partial charge in [0.05, 0.1) is 28.6 Å². The fourth-order valence-electron chi connectivity index (χ4n) is 4.40. The van der Waals surface area contributed by atoms with Crippen molar-refractivity contribution < 1.29 is 28.7 Å². The van der Waals surface area contributed by atoms with Crippen LogP contribution in [-0.2, 0) is 20.9 Å². The fraction of sp³-hybridized carbons (Fsp3) is 0.174. The van der Waals surface area contributed by atoms with Crippen LogP contribution >= 0.6 is 0 Å². The zero-order chi connectivity index (χ0) is 23.6. The molecule has 0 bridgehead atoms. The molecule has 0 aliphatic carbocycles. The molecule has 1 fully saturated rings. The average molecular weight is 457 g/mol. The molecule has 0 radical (unpaired) electrons. The van der Waals surface area contributed by atoms with Crippen molar-refractivity contribution in [1.29, 1.82) is 0 Å². The lowest BCUT2D eigenvalue weighted by Gasteiger charge is -2.27. The number of imide groups is 2. The molecular weight excluding hydrogens is 442 g/mol. The highest BCUT2D eigenvalue weighted by molar-refractivity contribution is 6.23. The summed E-state index contributed by atoms with van der Waals surface area (Å²) < 4.78 is 6.48. The van der Waals surface area contributed by atoms with Crippen molar-refractivity contribution in [2.45, 2.75) is 25.5 Å². The first-order valence-corrected chi connectivity index (χ1v) is 10.5. The van der Waals surface area contributed by atoms with E-state index in [0.29, 0.717) is 22.5 Å². The lowest BCUT2D eigenvalue weighted by atomic mass is 10.0. The van der Waals surface area contributed by atoms with Crippen LogP contribution < -0.4 is 5.32 Å². The summed E-state index contributed by atoms with van der Waals surface area (Å²) in [6.45, 7) is 0.249. The number of nitrogens with one attached hydrogen (secondary N) is 1. The van der Waals surface area contributed by atoms with E-state index in [1.165, 1.54) is 16.8 Å². The van der Waals surface area contributed by atoms with Gasteiger partial charge in [-0.15, -0.1) is 5.10 Å². The lowest BCUT2D eigenvalue weighted by molar-refractivity contribution is -0.136. The van der Waals surface area contributed by atoms with Crippen LogP contribution in [0.3, 0.4) is 0 Å². The minimum atomic E-state index is -1.03. The van der Waals surface area contributed by atoms with Gasteiger partial charge in [0.25, 0.3) is 11.8 Å². The Bertz CT molecular complexity index is 1460. The van der Waals surface area contributed by atoms with Gasteiger partial charge in [0, 0.05) is 17.5 Å². The smallest absolute Gasteiger partial charge is 0.338 e. The summed E-state index contributed by atoms with van der Waals surface area (Å²) in [5, 5.41) is 10.4. The van der Waals surface area contributed by atoms with E-state index in [-0.39, 0.29) is 36.5 Å². The summed E-state index contributed by atoms with van der Waals surface area (Å²) in [5.41, 5.74) is 3.30. The van der Waals surface area contributed by atoms with Crippen LogP contribution in [0.25, 0.3) is 16.9 Å². The molecule has 4 heterocycles. The van der Waals surface area contributed by atoms with E-state index >= 15 is 0 Å². The van der Waals surface area contributed by atoms with Crippen molar-refractivity contribution in [2.24, 2.45) is 0 Å². The molecule has 1 atom stereocenters. The Hall–Kier alpha value is -4.67. The van der Waals surface area contributed by atoms with Crippen molar-refractivity contribution in [2.75, 3.05) is 0 Å². The maximum atomic E-state index is 13.0. The van der Waals surface area contributed by atoms with Gasteiger partial charge in [0.15, 0.2) is 0 Å². The zero-order valence-electron chi connectivity index (χ0n) is 17.5. The van der Waals surface area contributed by atoms with Crippen molar-refractivity contribution >= 4 is 29.6 Å². The molecule has 1 saturated heterocycles. The molecule has 11 heteroatoms. The number of hydrogen-bond acceptors (Lipinski definition) is 8. The second kappa shape index (κ2) is 7.17. The Kier molecular flexibility index (Phi) is 4.21. The molecule has 4 amide bonds. The summed E-state index contributed by atoms with van der Waals surface area (Å²) >= 11 is 0. The number of esters is 1. The molecule has 3 aliphatic heterocycles. The van der Waals surface area contributed by atoms with E-state index in [2.05, 4.69) is 15.6 Å². The molecule has 1 N–H and O–H groups in total. The highest BCUT2D eigenvalue weighted by Gasteiger charge is 2.44. The monoisotopic (exact) mass is 457 g/mol. The van der Waals surface area contributed by atoms with Crippen molar-refractivity contribution in [3.63, 3.8) is 0 Å². The second-order valence-corrected chi connectivity index (χ2v) is 8.17. The number of ether oxygens (including phenoxy) is 1. The van der Waals surface area contributed by atoms with Gasteiger partial charge in [-0.05, 0) is 30.7 Å². The zero-order valence-corrected chi connectivity index (χ0v) is 17.5. The highest BCUT2D eigenvalue weighted by Crippen LogP contribution is 2.30. The SMILES string of the molecule is O=C1CCC(N2C(=O)c3ccc(-n4cc(-c5ccc6c(c5)C(=O)OC6)nn4)cc3C2=O)C(=O)N1. The van der Waals surface area contributed by atoms with Gasteiger partial charge in [0.2, 0.25) is 11.8 Å². The van der Waals surface area contributed by atoms with Gasteiger partial charge in [-0.3, -0.25) is 29.4 Å². The van der Waals surface area contributed by atoms with Crippen LogP contribution in [0.2, 0.25) is 0 Å². The molecule has 2 aromatic carbocycles. The predicted molar refractivity (Wildman–Crippen MR) is 113 cm³/mol. The van der Waals surface area contributed by atoms with E-state index in [1.807, 2.05) is 6.07 Å². The van der Waals surface area contributed by atoms with E-state index in [9.17, 15) is 24.0 Å². The summed E-state index contributed by atoms with van der Waals surface area (Å²) in [6, 6.07) is 8.93. The fourth-order valence-corrected chi connectivity index (χ4v) is 4.40. The molecule has 3 aromatic rings. The van der Waals surface area contributed by atoms with Gasteiger partial charge in [0.1, 0.15) is 18.3 Å². The van der Waals surface area contributed by atoms with Crippen LogP contribution in [0.15, 0.2) is 42.6 Å². The summed E-state index contributed by atoms with van der Waals surface area (Å²) in [4.78, 5) is 62.3. The molecule has 0 spiro atoms. The number of nitrogens with zero attached hydrogens (tertiary/aromatic N) is 4. The number of benzene rings is 2. The van der Waals surface area contributed by atoms with E-state index in [1.54, 1.807) is 24.4 Å². The summed E-state index contributed by atoms with van der Waals surface area (Å²) in [7, 11) is 0. The normalized spacial score (nSPS) is 19.2. The molecule has 3 aliphatic rings. The first-order chi connectivity index (χ1) is 16.4. The Balaban J connectivity index is 1.30. The Morgan fingerprint density at radius 2 is 1.76 bits per heavy atom. The number of piperidine rings is 1. The van der Waals surface area contributed by atoms with Crippen molar-refractivity contribution in [3.05, 3.63) is 64.8 Å². The summed E-state index contributed by atoms with van der Waals surface area (Å²) in [5.74, 6) is -2.65. The van der Waals surface area contributed by atoms with Crippen LogP contribution in [0.1, 0.15) is 49.5 Å². The van der Waals surface area contributed by atoms with Crippen LogP contribution in [-0.4, -0.2) is 55.5 Å². The third-order valence-electron chi connectivity index (χ3n) is 6.17. The molecule has 168 valence electrons. The Labute approximate surface area is 191 Å². The maximum absolute atomic E-state index is 13.0. The minimum Gasteiger partial charge on any atom is -0.457 e. The largest absolute Gasteiger partial charge is 0.457 e. The van der Waals surface area contributed by atoms with Crippen LogP contribution in [0.5, 0.6) is 0 Å². The van der Waals surface area contributed by atoms with Crippen LogP contribution in [0.4, 0.5) is 0 Å². The molecule has 1 unspecified atom stereocenters. The number of rotatable bonds is 3. The Morgan fingerprint density at radius 3 is 2.59 bits per heavy atom. The highest BCUT2D eigenvalue weighted by atomic mass is 16.5. The first kappa shape index (κ1) is 20.0. The lowest BCUT2D eigenvalue weighted by Crippen LogP contribution is -2.54. The third-order valence-corrected chi connectivity index (χ3v) is 6.17. The van der Waals surface area contributed by atoms with Gasteiger partial charge in [-0.1, -0.05) is 17.3 Å². The third kappa shape index (κ3) is 2.94. The first-order valence-electron chi connectivity index (χ1n) is 10.5. The Morgan fingerprint density at radius 1 is 0.941 bits per heavy atom. The number of cyclic esters (lactones) is 1. The molecule has 1 aromatic heterocycles. The standard InChI is InChI=1S/C23H15N5O6/c29-19-6-5-18(20(30)24-19)28-21(31)14-4-3-13(8-16(14)22(28)32)27-9-17(25-26-27)11-1-2-12-10-34-23(33)15(12)7-11/h1-4,7-9,18H,5-6,10H2,(H,24,29,30). The van der Waals surface area contributed by atoms with Gasteiger partial charge < -0.3 is 4.74 Å². The number of hydrogen-bond donors (Lipinski definition) is 1. The molecule has 6 rings (SSSR count). The van der Waals surface area contributed by atoms with E-state index < -0.39 is 29.7 Å². The topological polar surface area (TPSA) is 141 Å². The maximum Gasteiger partial charge on any atom is 0.338 e. The summed E-state index contributed by atoms with van der Waals surface area (Å²) in [6.07, 6.45) is 1.78. The van der Waals surface area contributed by atoms with Crippen molar-refractivity contribution in [3.8, 4) is 16.9 Å². The average Bonchev–Trinajstić information content (AvgIpc) is 3.52. The van der Waals surface area contributed by atoms with E-state index in [0.717, 1.165) is 10.5 Å². The van der Waals surface area contributed by atoms with Gasteiger partial charge in [-0.2, -0.15) is 0 Å². The predicted octanol–water partition coefficient (Wildman–Crippen LogP) is 1.01. The van der Waals surface area contributed by atoms with Gasteiger partial charge >= 0.3 is 5.97 Å². The number of amides is 4. The quantitative estimate of drug-likeness (QED) is 0.454. The molecule has 34 heavy (non-hydrogen) atoms. The number of carbonyl (C=O) groups excluding carboxylic acids is 5. The van der Waals surface area contributed by atoms with Gasteiger partial charge in [-0.25, -0.2) is 9.48 Å². The second-order valence-electron chi connectivity index (χ2n) is 8.17. The van der Waals surface area contributed by atoms with E-state index in [4.69, 9.17) is 4.74 Å². The van der Waals surface area contributed by atoms with Crippen molar-refractivity contribution in [1.82, 2.24) is 25.2 Å². The number of fused-ring (bicyclic) bond motifs is 2. The minimum absolute atomic E-state index is 0.0528. The molecular formula is C23H15N5O6. The number of carbonyl (C=O) groups is 5. The van der Waals surface area contributed by atoms with Crippen LogP contribution in [0, 0.1) is 0 Å². The molecule has 11 nitrogen and oxygen atoms in total.